The summed E-state index contributed by atoms with van der Waals surface area (Å²) in [5, 5.41) is 2.46. The number of aromatic nitrogens is 1. The summed E-state index contributed by atoms with van der Waals surface area (Å²) >= 11 is 0. The highest BCUT2D eigenvalue weighted by atomic mass is 14.7. The normalized spacial score (nSPS) is 12.5. The maximum atomic E-state index is 6.35. The van der Waals surface area contributed by atoms with E-state index in [2.05, 4.69) is 35.3 Å². The third kappa shape index (κ3) is 2.35. The van der Waals surface area contributed by atoms with Crippen molar-refractivity contribution in [1.82, 2.24) is 4.98 Å². The number of fused-ring (bicyclic) bond motifs is 1. The molecule has 0 bridgehead atoms. The van der Waals surface area contributed by atoms with Crippen LogP contribution in [-0.2, 0) is 0 Å². The maximum absolute atomic E-state index is 6.35. The van der Waals surface area contributed by atoms with Gasteiger partial charge in [0.05, 0.1) is 6.04 Å². The fourth-order valence-corrected chi connectivity index (χ4v) is 2.35. The van der Waals surface area contributed by atoms with Crippen LogP contribution in [0, 0.1) is 6.92 Å². The third-order valence-corrected chi connectivity index (χ3v) is 3.41. The highest BCUT2D eigenvalue weighted by molar-refractivity contribution is 5.83. The Morgan fingerprint density at radius 1 is 0.895 bits per heavy atom. The second-order valence-corrected chi connectivity index (χ2v) is 4.81. The van der Waals surface area contributed by atoms with Crippen molar-refractivity contribution in [2.75, 3.05) is 0 Å². The van der Waals surface area contributed by atoms with Gasteiger partial charge in [-0.25, -0.2) is 0 Å². The van der Waals surface area contributed by atoms with Crippen LogP contribution in [0.1, 0.15) is 22.9 Å². The van der Waals surface area contributed by atoms with E-state index in [1.54, 1.807) is 0 Å². The molecule has 2 heteroatoms. The van der Waals surface area contributed by atoms with Gasteiger partial charge in [-0.2, -0.15) is 0 Å². The minimum atomic E-state index is -0.105. The Balaban J connectivity index is 2.04. The summed E-state index contributed by atoms with van der Waals surface area (Å²) in [5.41, 5.74) is 9.57. The zero-order valence-electron chi connectivity index (χ0n) is 10.9. The fraction of sp³-hybridized carbons (Fsp3) is 0.118. The van der Waals surface area contributed by atoms with Crippen molar-refractivity contribution in [3.8, 4) is 0 Å². The fourth-order valence-electron chi connectivity index (χ4n) is 2.35. The average Bonchev–Trinajstić information content (AvgIpc) is 2.46. The van der Waals surface area contributed by atoms with Gasteiger partial charge in [-0.15, -0.1) is 0 Å². The molecule has 3 aromatic rings. The molecule has 0 aliphatic rings. The van der Waals surface area contributed by atoms with Crippen LogP contribution in [0.4, 0.5) is 0 Å². The Kier molecular flexibility index (Phi) is 3.02. The number of hydrogen-bond donors (Lipinski definition) is 1. The zero-order chi connectivity index (χ0) is 13.2. The molecule has 0 spiro atoms. The molecule has 1 aromatic heterocycles. The molecular weight excluding hydrogens is 232 g/mol. The lowest BCUT2D eigenvalue weighted by atomic mass is 9.97. The second kappa shape index (κ2) is 4.82. The highest BCUT2D eigenvalue weighted by Gasteiger charge is 2.09. The van der Waals surface area contributed by atoms with Crippen LogP contribution in [-0.4, -0.2) is 4.98 Å². The van der Waals surface area contributed by atoms with E-state index in [1.807, 2.05) is 37.4 Å². The Hall–Kier alpha value is -2.19. The predicted octanol–water partition coefficient (Wildman–Crippen LogP) is 3.59. The Bertz CT molecular complexity index is 719. The first-order valence-corrected chi connectivity index (χ1v) is 6.41. The summed E-state index contributed by atoms with van der Waals surface area (Å²) in [6.07, 6.45) is 1.81. The minimum Gasteiger partial charge on any atom is -0.320 e. The topological polar surface area (TPSA) is 38.9 Å². The summed E-state index contributed by atoms with van der Waals surface area (Å²) in [5.74, 6) is 0. The molecule has 0 amide bonds. The SMILES string of the molecule is Cc1cc(C(N)c2ccc3ccccc3c2)ccn1. The van der Waals surface area contributed by atoms with Gasteiger partial charge in [-0.05, 0) is 47.0 Å². The number of aryl methyl sites for hydroxylation is 1. The van der Waals surface area contributed by atoms with Crippen LogP contribution < -0.4 is 5.73 Å². The van der Waals surface area contributed by atoms with Gasteiger partial charge in [0.25, 0.3) is 0 Å². The molecule has 2 N–H and O–H groups in total. The maximum Gasteiger partial charge on any atom is 0.0553 e. The molecule has 19 heavy (non-hydrogen) atoms. The van der Waals surface area contributed by atoms with E-state index in [0.29, 0.717) is 0 Å². The Morgan fingerprint density at radius 2 is 1.63 bits per heavy atom. The molecule has 0 aliphatic carbocycles. The lowest BCUT2D eigenvalue weighted by molar-refractivity contribution is 0.866. The molecule has 3 rings (SSSR count). The number of pyridine rings is 1. The van der Waals surface area contributed by atoms with Crippen molar-refractivity contribution in [2.24, 2.45) is 5.73 Å². The third-order valence-electron chi connectivity index (χ3n) is 3.41. The largest absolute Gasteiger partial charge is 0.320 e. The van der Waals surface area contributed by atoms with Crippen molar-refractivity contribution in [2.45, 2.75) is 13.0 Å². The molecular formula is C17H16N2. The zero-order valence-corrected chi connectivity index (χ0v) is 10.9. The van der Waals surface area contributed by atoms with Gasteiger partial charge in [-0.3, -0.25) is 4.98 Å². The minimum absolute atomic E-state index is 0.105. The van der Waals surface area contributed by atoms with Gasteiger partial charge < -0.3 is 5.73 Å². The lowest BCUT2D eigenvalue weighted by Gasteiger charge is -2.13. The summed E-state index contributed by atoms with van der Waals surface area (Å²) in [4.78, 5) is 4.21. The van der Waals surface area contributed by atoms with E-state index in [1.165, 1.54) is 10.8 Å². The van der Waals surface area contributed by atoms with Crippen LogP contribution in [0.15, 0.2) is 60.8 Å². The van der Waals surface area contributed by atoms with E-state index >= 15 is 0 Å². The van der Waals surface area contributed by atoms with Crippen molar-refractivity contribution in [3.63, 3.8) is 0 Å². The molecule has 0 fully saturated rings. The number of rotatable bonds is 2. The van der Waals surface area contributed by atoms with E-state index in [-0.39, 0.29) is 6.04 Å². The molecule has 0 saturated heterocycles. The molecule has 94 valence electrons. The van der Waals surface area contributed by atoms with E-state index in [0.717, 1.165) is 16.8 Å². The number of benzene rings is 2. The van der Waals surface area contributed by atoms with Gasteiger partial charge in [0.1, 0.15) is 0 Å². The molecule has 0 saturated carbocycles. The molecule has 0 radical (unpaired) electrons. The first-order chi connectivity index (χ1) is 9.24. The van der Waals surface area contributed by atoms with Gasteiger partial charge >= 0.3 is 0 Å². The predicted molar refractivity (Wildman–Crippen MR) is 79.0 cm³/mol. The molecule has 1 heterocycles. The van der Waals surface area contributed by atoms with Gasteiger partial charge in [0.15, 0.2) is 0 Å². The van der Waals surface area contributed by atoms with Crippen LogP contribution in [0.2, 0.25) is 0 Å². The first kappa shape index (κ1) is 11.9. The van der Waals surface area contributed by atoms with E-state index in [9.17, 15) is 0 Å². The van der Waals surface area contributed by atoms with Gasteiger partial charge in [-0.1, -0.05) is 36.4 Å². The quantitative estimate of drug-likeness (QED) is 0.752. The summed E-state index contributed by atoms with van der Waals surface area (Å²) in [6.45, 7) is 1.98. The van der Waals surface area contributed by atoms with Crippen molar-refractivity contribution >= 4 is 10.8 Å². The first-order valence-electron chi connectivity index (χ1n) is 6.41. The monoisotopic (exact) mass is 248 g/mol. The summed E-state index contributed by atoms with van der Waals surface area (Å²) < 4.78 is 0. The molecule has 2 nitrogen and oxygen atoms in total. The second-order valence-electron chi connectivity index (χ2n) is 4.81. The van der Waals surface area contributed by atoms with Crippen molar-refractivity contribution in [3.05, 3.63) is 77.6 Å². The molecule has 2 aromatic carbocycles. The Morgan fingerprint density at radius 3 is 2.42 bits per heavy atom. The van der Waals surface area contributed by atoms with Crippen molar-refractivity contribution < 1.29 is 0 Å². The lowest BCUT2D eigenvalue weighted by Crippen LogP contribution is -2.12. The summed E-state index contributed by atoms with van der Waals surface area (Å²) in [7, 11) is 0. The van der Waals surface area contributed by atoms with Crippen LogP contribution >= 0.6 is 0 Å². The molecule has 1 unspecified atom stereocenters. The smallest absolute Gasteiger partial charge is 0.0553 e. The van der Waals surface area contributed by atoms with E-state index < -0.39 is 0 Å². The number of nitrogens with zero attached hydrogens (tertiary/aromatic N) is 1. The summed E-state index contributed by atoms with van der Waals surface area (Å²) in [6, 6.07) is 18.6. The van der Waals surface area contributed by atoms with Crippen LogP contribution in [0.25, 0.3) is 10.8 Å². The van der Waals surface area contributed by atoms with Gasteiger partial charge in [0.2, 0.25) is 0 Å². The van der Waals surface area contributed by atoms with Crippen molar-refractivity contribution in [1.29, 1.82) is 0 Å². The van der Waals surface area contributed by atoms with Crippen LogP contribution in [0.5, 0.6) is 0 Å². The number of hydrogen-bond acceptors (Lipinski definition) is 2. The van der Waals surface area contributed by atoms with Crippen LogP contribution in [0.3, 0.4) is 0 Å². The average molecular weight is 248 g/mol. The molecule has 0 aliphatic heterocycles. The number of nitrogens with two attached hydrogens (primary N) is 1. The molecule has 1 atom stereocenters. The highest BCUT2D eigenvalue weighted by Crippen LogP contribution is 2.23. The standard InChI is InChI=1S/C17H16N2/c1-12-10-16(8-9-19-12)17(18)15-7-6-13-4-2-3-5-14(13)11-15/h2-11,17H,18H2,1H3. The van der Waals surface area contributed by atoms with E-state index in [4.69, 9.17) is 5.73 Å². The Labute approximate surface area is 112 Å². The van der Waals surface area contributed by atoms with Gasteiger partial charge in [0, 0.05) is 11.9 Å².